The second kappa shape index (κ2) is 15.3. The third-order valence-corrected chi connectivity index (χ3v) is 9.27. The molecule has 53 heavy (non-hydrogen) atoms. The molecule has 1 aliphatic heterocycles. The minimum Gasteiger partial charge on any atom is -0.494 e. The molecule has 3 aromatic heterocycles. The minimum atomic E-state index is -0.892. The Morgan fingerprint density at radius 3 is 2.43 bits per heavy atom. The van der Waals surface area contributed by atoms with Crippen LogP contribution in [0.25, 0.3) is 28.3 Å². The number of amides is 1. The number of anilines is 4. The zero-order valence-electron chi connectivity index (χ0n) is 29.9. The summed E-state index contributed by atoms with van der Waals surface area (Å²) in [6.07, 6.45) is 3.54. The maximum Gasteiger partial charge on any atom is 0.259 e. The fourth-order valence-corrected chi connectivity index (χ4v) is 6.52. The molecule has 0 bridgehead atoms. The number of imidazole rings is 1. The van der Waals surface area contributed by atoms with Crippen molar-refractivity contribution in [1.29, 1.82) is 0 Å². The molecule has 0 saturated carbocycles. The van der Waals surface area contributed by atoms with E-state index < -0.39 is 23.2 Å². The summed E-state index contributed by atoms with van der Waals surface area (Å²) >= 11 is 0. The minimum absolute atomic E-state index is 0.0809. The summed E-state index contributed by atoms with van der Waals surface area (Å²) in [7, 11) is 1.64. The van der Waals surface area contributed by atoms with Crippen molar-refractivity contribution in [3.8, 4) is 34.1 Å². The molecule has 0 atom stereocenters. The first-order valence-corrected chi connectivity index (χ1v) is 17.5. The Balaban J connectivity index is 1.22. The number of para-hydroxylation sites is 1. The molecule has 2 N–H and O–H groups in total. The average molecular weight is 719 g/mol. The van der Waals surface area contributed by atoms with Gasteiger partial charge in [0.15, 0.2) is 0 Å². The van der Waals surface area contributed by atoms with E-state index in [1.807, 2.05) is 40.9 Å². The number of methoxy groups -OCH3 is 1. The van der Waals surface area contributed by atoms with Crippen molar-refractivity contribution in [1.82, 2.24) is 24.3 Å². The van der Waals surface area contributed by atoms with Crippen LogP contribution in [0.15, 0.2) is 91.3 Å². The van der Waals surface area contributed by atoms with Gasteiger partial charge >= 0.3 is 0 Å². The zero-order valence-corrected chi connectivity index (χ0v) is 29.9. The number of carbonyl (C=O) groups is 1. The fourth-order valence-electron chi connectivity index (χ4n) is 6.52. The summed E-state index contributed by atoms with van der Waals surface area (Å²) in [5.41, 5.74) is 4.26. The molecule has 0 unspecified atom stereocenters. The SMILES string of the molecule is CCOc1ccc(-c2nc3ccccn3c2-c2ccnc(Nc3ccc(N4CCN(C(C)C)CC4)cc3OC)n2)cc1C(=O)Nc1c(F)cccc1F. The Morgan fingerprint density at radius 1 is 0.906 bits per heavy atom. The Morgan fingerprint density at radius 2 is 1.70 bits per heavy atom. The van der Waals surface area contributed by atoms with Crippen molar-refractivity contribution in [3.05, 3.63) is 108 Å². The number of carbonyl (C=O) groups excluding carboxylic acids is 1. The van der Waals surface area contributed by atoms with Crippen LogP contribution in [0.2, 0.25) is 0 Å². The van der Waals surface area contributed by atoms with E-state index in [1.165, 1.54) is 6.07 Å². The first-order valence-electron chi connectivity index (χ1n) is 17.5. The van der Waals surface area contributed by atoms with Gasteiger partial charge in [0.1, 0.15) is 34.5 Å². The van der Waals surface area contributed by atoms with Crippen LogP contribution in [0, 0.1) is 11.6 Å². The van der Waals surface area contributed by atoms with Crippen LogP contribution in [-0.2, 0) is 0 Å². The number of hydrogen-bond donors (Lipinski definition) is 2. The number of aromatic nitrogens is 4. The summed E-state index contributed by atoms with van der Waals surface area (Å²) in [6, 6.07) is 22.4. The molecule has 0 radical (unpaired) electrons. The number of piperazine rings is 1. The second-order valence-corrected chi connectivity index (χ2v) is 12.8. The van der Waals surface area contributed by atoms with E-state index in [9.17, 15) is 13.6 Å². The highest BCUT2D eigenvalue weighted by molar-refractivity contribution is 6.07. The molecule has 0 spiro atoms. The third kappa shape index (κ3) is 7.33. The predicted molar refractivity (Wildman–Crippen MR) is 202 cm³/mol. The molecule has 13 heteroatoms. The highest BCUT2D eigenvalue weighted by Gasteiger charge is 2.23. The van der Waals surface area contributed by atoms with Gasteiger partial charge in [-0.25, -0.2) is 23.7 Å². The number of halogens is 2. The number of benzene rings is 3. The average Bonchev–Trinajstić information content (AvgIpc) is 3.57. The van der Waals surface area contributed by atoms with Crippen LogP contribution >= 0.6 is 0 Å². The summed E-state index contributed by atoms with van der Waals surface area (Å²) < 4.78 is 42.4. The predicted octanol–water partition coefficient (Wildman–Crippen LogP) is 7.67. The number of fused-ring (bicyclic) bond motifs is 1. The molecular formula is C40H40F2N8O3. The van der Waals surface area contributed by atoms with Crippen LogP contribution in [0.4, 0.5) is 31.8 Å². The Kier molecular flexibility index (Phi) is 10.2. The summed E-state index contributed by atoms with van der Waals surface area (Å²) in [5.74, 6) is -1.27. The summed E-state index contributed by atoms with van der Waals surface area (Å²) in [4.78, 5) is 32.7. The number of rotatable bonds is 11. The van der Waals surface area contributed by atoms with Gasteiger partial charge in [-0.15, -0.1) is 0 Å². The van der Waals surface area contributed by atoms with E-state index in [-0.39, 0.29) is 17.9 Å². The third-order valence-electron chi connectivity index (χ3n) is 9.27. The summed E-state index contributed by atoms with van der Waals surface area (Å²) in [6.45, 7) is 10.4. The Bertz CT molecular complexity index is 2250. The van der Waals surface area contributed by atoms with Crippen LogP contribution in [0.1, 0.15) is 31.1 Å². The Hall–Kier alpha value is -6.08. The van der Waals surface area contributed by atoms with E-state index in [4.69, 9.17) is 19.4 Å². The summed E-state index contributed by atoms with van der Waals surface area (Å²) in [5, 5.41) is 5.70. The lowest BCUT2D eigenvalue weighted by atomic mass is 10.0. The van der Waals surface area contributed by atoms with E-state index in [0.29, 0.717) is 51.7 Å². The normalized spacial score (nSPS) is 13.4. The highest BCUT2D eigenvalue weighted by Crippen LogP contribution is 2.36. The fraction of sp³-hybridized carbons (Fsp3) is 0.250. The van der Waals surface area contributed by atoms with E-state index >= 15 is 0 Å². The van der Waals surface area contributed by atoms with Gasteiger partial charge in [-0.3, -0.25) is 14.1 Å². The van der Waals surface area contributed by atoms with Crippen LogP contribution in [0.5, 0.6) is 11.5 Å². The van der Waals surface area contributed by atoms with Gasteiger partial charge in [0, 0.05) is 61.9 Å². The molecule has 6 aromatic rings. The lowest BCUT2D eigenvalue weighted by Gasteiger charge is -2.38. The molecule has 1 saturated heterocycles. The number of hydrogen-bond acceptors (Lipinski definition) is 9. The van der Waals surface area contributed by atoms with Crippen molar-refractivity contribution < 1.29 is 23.0 Å². The molecule has 1 aliphatic rings. The first kappa shape index (κ1) is 35.3. The molecule has 3 aromatic carbocycles. The number of nitrogens with zero attached hydrogens (tertiary/aromatic N) is 6. The van der Waals surface area contributed by atoms with E-state index in [0.717, 1.165) is 44.0 Å². The van der Waals surface area contributed by atoms with E-state index in [2.05, 4.69) is 45.3 Å². The first-order chi connectivity index (χ1) is 25.7. The largest absolute Gasteiger partial charge is 0.494 e. The van der Waals surface area contributed by atoms with Crippen LogP contribution < -0.4 is 25.0 Å². The van der Waals surface area contributed by atoms with Gasteiger partial charge in [-0.05, 0) is 81.4 Å². The van der Waals surface area contributed by atoms with Gasteiger partial charge in [0.25, 0.3) is 5.91 Å². The lowest BCUT2D eigenvalue weighted by Crippen LogP contribution is -2.48. The van der Waals surface area contributed by atoms with E-state index in [1.54, 1.807) is 44.5 Å². The van der Waals surface area contributed by atoms with Gasteiger partial charge < -0.3 is 25.0 Å². The van der Waals surface area contributed by atoms with Crippen molar-refractivity contribution in [2.75, 3.05) is 55.4 Å². The molecule has 4 heterocycles. The molecule has 1 fully saturated rings. The van der Waals surface area contributed by atoms with Crippen molar-refractivity contribution in [2.24, 2.45) is 0 Å². The highest BCUT2D eigenvalue weighted by atomic mass is 19.1. The van der Waals surface area contributed by atoms with Gasteiger partial charge in [0.05, 0.1) is 42.0 Å². The zero-order chi connectivity index (χ0) is 37.1. The topological polar surface area (TPSA) is 109 Å². The lowest BCUT2D eigenvalue weighted by molar-refractivity contribution is 0.102. The number of nitrogens with one attached hydrogen (secondary N) is 2. The molecule has 7 rings (SSSR count). The van der Waals surface area contributed by atoms with Crippen molar-refractivity contribution >= 4 is 34.6 Å². The number of pyridine rings is 1. The smallest absolute Gasteiger partial charge is 0.259 e. The van der Waals surface area contributed by atoms with Crippen molar-refractivity contribution in [2.45, 2.75) is 26.8 Å². The molecule has 0 aliphatic carbocycles. The molecule has 272 valence electrons. The number of ether oxygens (including phenoxy) is 2. The van der Waals surface area contributed by atoms with Crippen molar-refractivity contribution in [3.63, 3.8) is 0 Å². The maximum absolute atomic E-state index is 14.5. The standard InChI is InChI=1S/C40H40F2N8O3/c1-5-53-33-15-12-26(23-28(33)39(51)47-37-29(41)9-8-10-30(37)42)36-38(50-18-7-6-11-35(50)46-36)32-16-17-43-40(45-32)44-31-14-13-27(24-34(31)52-4)49-21-19-48(20-22-49)25(2)3/h6-18,23-25H,5,19-22H2,1-4H3,(H,47,51)(H,43,44,45). The molecular weight excluding hydrogens is 678 g/mol. The van der Waals surface area contributed by atoms with Gasteiger partial charge in [-0.1, -0.05) is 12.1 Å². The van der Waals surface area contributed by atoms with Gasteiger partial charge in [0.2, 0.25) is 5.95 Å². The van der Waals surface area contributed by atoms with Crippen LogP contribution in [0.3, 0.4) is 0 Å². The monoisotopic (exact) mass is 718 g/mol. The maximum atomic E-state index is 14.5. The molecule has 1 amide bonds. The molecule has 11 nitrogen and oxygen atoms in total. The Labute approximate surface area is 306 Å². The van der Waals surface area contributed by atoms with Crippen LogP contribution in [-0.4, -0.2) is 76.1 Å². The van der Waals surface area contributed by atoms with Gasteiger partial charge in [-0.2, -0.15) is 0 Å². The second-order valence-electron chi connectivity index (χ2n) is 12.8. The quantitative estimate of drug-likeness (QED) is 0.140.